The predicted molar refractivity (Wildman–Crippen MR) is 60.4 cm³/mol. The van der Waals surface area contributed by atoms with Gasteiger partial charge in [-0.3, -0.25) is 5.10 Å². The van der Waals surface area contributed by atoms with E-state index in [0.29, 0.717) is 11.6 Å². The third-order valence-electron chi connectivity index (χ3n) is 2.53. The van der Waals surface area contributed by atoms with Crippen molar-refractivity contribution in [3.05, 3.63) is 46.9 Å². The van der Waals surface area contributed by atoms with Crippen molar-refractivity contribution in [3.8, 4) is 0 Å². The van der Waals surface area contributed by atoms with Gasteiger partial charge in [0.25, 0.3) is 0 Å². The second kappa shape index (κ2) is 4.65. The first-order valence-electron chi connectivity index (χ1n) is 5.07. The van der Waals surface area contributed by atoms with Crippen molar-refractivity contribution in [2.75, 3.05) is 0 Å². The fourth-order valence-corrected chi connectivity index (χ4v) is 1.60. The molecule has 0 spiro atoms. The molecule has 2 aromatic rings. The van der Waals surface area contributed by atoms with E-state index in [0.717, 1.165) is 17.8 Å². The molecule has 82 valence electrons. The van der Waals surface area contributed by atoms with Gasteiger partial charge in [0, 0.05) is 6.42 Å². The fourth-order valence-electron chi connectivity index (χ4n) is 1.60. The molecule has 2 rings (SSSR count). The van der Waals surface area contributed by atoms with Gasteiger partial charge in [-0.25, -0.2) is 4.98 Å². The summed E-state index contributed by atoms with van der Waals surface area (Å²) in [5.41, 5.74) is 1.61. The van der Waals surface area contributed by atoms with Gasteiger partial charge in [0.2, 0.25) is 0 Å². The van der Waals surface area contributed by atoms with Gasteiger partial charge in [0.15, 0.2) is 0 Å². The van der Waals surface area contributed by atoms with Crippen LogP contribution in [0, 0.1) is 4.91 Å². The maximum atomic E-state index is 10.3. The molecule has 16 heavy (non-hydrogen) atoms. The Bertz CT molecular complexity index is 449. The topological polar surface area (TPSA) is 71.0 Å². The molecule has 0 radical (unpaired) electrons. The molecule has 5 heteroatoms. The Morgan fingerprint density at radius 3 is 2.69 bits per heavy atom. The molecule has 0 aliphatic heterocycles. The first-order chi connectivity index (χ1) is 7.79. The summed E-state index contributed by atoms with van der Waals surface area (Å²) in [5.74, 6) is 1.19. The number of nitroso groups, excluding NO2 is 1. The first kappa shape index (κ1) is 10.5. The Balaban J connectivity index is 2.08. The van der Waals surface area contributed by atoms with Crippen molar-refractivity contribution in [2.45, 2.75) is 19.3 Å². The molecule has 0 amide bonds. The van der Waals surface area contributed by atoms with Gasteiger partial charge in [-0.15, -0.1) is 4.91 Å². The second-order valence-electron chi connectivity index (χ2n) is 3.72. The molecule has 5 nitrogen and oxygen atoms in total. The molecule has 1 aromatic heterocycles. The third-order valence-corrected chi connectivity index (χ3v) is 2.53. The van der Waals surface area contributed by atoms with E-state index in [1.807, 2.05) is 12.1 Å². The molecular formula is C11H12N4O. The zero-order valence-electron chi connectivity index (χ0n) is 8.92. The monoisotopic (exact) mass is 216 g/mol. The van der Waals surface area contributed by atoms with Gasteiger partial charge in [-0.05, 0) is 28.8 Å². The Morgan fingerprint density at radius 1 is 1.38 bits per heavy atom. The van der Waals surface area contributed by atoms with Crippen LogP contribution < -0.4 is 0 Å². The molecule has 1 N–H and O–H groups in total. The van der Waals surface area contributed by atoms with Crippen molar-refractivity contribution >= 4 is 5.69 Å². The smallest absolute Gasteiger partial charge is 0.137 e. The summed E-state index contributed by atoms with van der Waals surface area (Å²) in [6.45, 7) is 2.10. The van der Waals surface area contributed by atoms with Crippen molar-refractivity contribution in [1.82, 2.24) is 15.2 Å². The van der Waals surface area contributed by atoms with Gasteiger partial charge in [0.05, 0.1) is 0 Å². The highest BCUT2D eigenvalue weighted by Crippen LogP contribution is 2.21. The summed E-state index contributed by atoms with van der Waals surface area (Å²) < 4.78 is 0. The summed E-state index contributed by atoms with van der Waals surface area (Å²) in [6.07, 6.45) is 2.30. The number of rotatable bonds is 4. The number of nitrogens with zero attached hydrogens (tertiary/aromatic N) is 3. The van der Waals surface area contributed by atoms with Crippen LogP contribution in [0.1, 0.15) is 24.2 Å². The van der Waals surface area contributed by atoms with Gasteiger partial charge in [0.1, 0.15) is 17.8 Å². The highest BCUT2D eigenvalue weighted by molar-refractivity contribution is 5.39. The number of H-pyrrole nitrogens is 1. The average molecular weight is 216 g/mol. The average Bonchev–Trinajstić information content (AvgIpc) is 2.82. The number of hydrogen-bond acceptors (Lipinski definition) is 4. The Kier molecular flexibility index (Phi) is 3.05. The number of hydrogen-bond donors (Lipinski definition) is 1. The van der Waals surface area contributed by atoms with E-state index in [1.54, 1.807) is 12.1 Å². The molecule has 0 saturated heterocycles. The first-order valence-corrected chi connectivity index (χ1v) is 5.07. The zero-order valence-corrected chi connectivity index (χ0v) is 8.92. The standard InChI is InChI=1S/C11H12N4O/c1-8(6-11-12-7-13-14-11)9-2-4-10(15-16)5-3-9/h2-5,7-8H,6H2,1H3,(H,12,13,14). The minimum Gasteiger partial charge on any atom is -0.263 e. The number of benzene rings is 1. The molecule has 0 fully saturated rings. The van der Waals surface area contributed by atoms with Crippen molar-refractivity contribution in [2.24, 2.45) is 5.18 Å². The van der Waals surface area contributed by atoms with Gasteiger partial charge in [-0.2, -0.15) is 5.10 Å². The third kappa shape index (κ3) is 2.31. The van der Waals surface area contributed by atoms with Crippen molar-refractivity contribution < 1.29 is 0 Å². The van der Waals surface area contributed by atoms with E-state index in [4.69, 9.17) is 0 Å². The normalized spacial score (nSPS) is 12.3. The summed E-state index contributed by atoms with van der Waals surface area (Å²) in [6, 6.07) is 7.27. The van der Waals surface area contributed by atoms with E-state index in [-0.39, 0.29) is 0 Å². The van der Waals surface area contributed by atoms with Crippen LogP contribution in [0.15, 0.2) is 35.8 Å². The molecule has 1 heterocycles. The lowest BCUT2D eigenvalue weighted by atomic mass is 9.97. The maximum Gasteiger partial charge on any atom is 0.137 e. The van der Waals surface area contributed by atoms with E-state index in [2.05, 4.69) is 27.3 Å². The van der Waals surface area contributed by atoms with E-state index in [1.165, 1.54) is 6.33 Å². The lowest BCUT2D eigenvalue weighted by Crippen LogP contribution is -1.99. The van der Waals surface area contributed by atoms with E-state index < -0.39 is 0 Å². The van der Waals surface area contributed by atoms with Crippen LogP contribution in [0.4, 0.5) is 5.69 Å². The van der Waals surface area contributed by atoms with E-state index in [9.17, 15) is 4.91 Å². The molecule has 1 aromatic carbocycles. The lowest BCUT2D eigenvalue weighted by molar-refractivity contribution is 0.721. The molecule has 0 aliphatic carbocycles. The quantitative estimate of drug-likeness (QED) is 0.798. The summed E-state index contributed by atoms with van der Waals surface area (Å²) in [4.78, 5) is 14.4. The van der Waals surface area contributed by atoms with Crippen LogP contribution in [0.3, 0.4) is 0 Å². The van der Waals surface area contributed by atoms with Crippen LogP contribution >= 0.6 is 0 Å². The molecule has 1 unspecified atom stereocenters. The van der Waals surface area contributed by atoms with Gasteiger partial charge < -0.3 is 0 Å². The number of nitrogens with one attached hydrogen (secondary N) is 1. The Labute approximate surface area is 92.9 Å². The fraction of sp³-hybridized carbons (Fsp3) is 0.273. The van der Waals surface area contributed by atoms with Crippen molar-refractivity contribution in [1.29, 1.82) is 0 Å². The predicted octanol–water partition coefficient (Wildman–Crippen LogP) is 2.55. The summed E-state index contributed by atoms with van der Waals surface area (Å²) in [7, 11) is 0. The minimum atomic E-state index is 0.327. The molecule has 1 atom stereocenters. The summed E-state index contributed by atoms with van der Waals surface area (Å²) >= 11 is 0. The van der Waals surface area contributed by atoms with Crippen LogP contribution in [-0.4, -0.2) is 15.2 Å². The van der Waals surface area contributed by atoms with E-state index >= 15 is 0 Å². The Morgan fingerprint density at radius 2 is 2.12 bits per heavy atom. The van der Waals surface area contributed by atoms with Gasteiger partial charge in [-0.1, -0.05) is 19.1 Å². The highest BCUT2D eigenvalue weighted by atomic mass is 16.3. The van der Waals surface area contributed by atoms with Crippen molar-refractivity contribution in [3.63, 3.8) is 0 Å². The zero-order chi connectivity index (χ0) is 11.4. The summed E-state index contributed by atoms with van der Waals surface area (Å²) in [5, 5.41) is 9.50. The maximum absolute atomic E-state index is 10.3. The lowest BCUT2D eigenvalue weighted by Gasteiger charge is -2.09. The molecule has 0 aliphatic rings. The minimum absolute atomic E-state index is 0.327. The molecule has 0 bridgehead atoms. The molecular weight excluding hydrogens is 204 g/mol. The Hall–Kier alpha value is -2.04. The molecule has 0 saturated carbocycles. The van der Waals surface area contributed by atoms with Crippen LogP contribution in [0.5, 0.6) is 0 Å². The largest absolute Gasteiger partial charge is 0.263 e. The second-order valence-corrected chi connectivity index (χ2v) is 3.72. The number of aromatic amines is 1. The van der Waals surface area contributed by atoms with Crippen LogP contribution in [-0.2, 0) is 6.42 Å². The highest BCUT2D eigenvalue weighted by Gasteiger charge is 2.08. The van der Waals surface area contributed by atoms with Crippen LogP contribution in [0.25, 0.3) is 0 Å². The van der Waals surface area contributed by atoms with Gasteiger partial charge >= 0.3 is 0 Å². The van der Waals surface area contributed by atoms with Crippen LogP contribution in [0.2, 0.25) is 0 Å². The number of aromatic nitrogens is 3. The SMILES string of the molecule is CC(Cc1ncn[nH]1)c1ccc(N=O)cc1.